The van der Waals surface area contributed by atoms with Gasteiger partial charge in [0, 0.05) is 38.1 Å². The molecule has 0 aliphatic carbocycles. The number of benzene rings is 7. The highest BCUT2D eigenvalue weighted by Gasteiger charge is 2.16. The maximum atomic E-state index is 3.69. The van der Waals surface area contributed by atoms with Gasteiger partial charge in [-0.25, -0.2) is 0 Å². The summed E-state index contributed by atoms with van der Waals surface area (Å²) in [6, 6.07) is 50.8. The van der Waals surface area contributed by atoms with Crippen LogP contribution < -0.4 is 0 Å². The van der Waals surface area contributed by atoms with E-state index in [1.165, 1.54) is 82.0 Å². The van der Waals surface area contributed by atoms with E-state index in [2.05, 4.69) is 149 Å². The van der Waals surface area contributed by atoms with Crippen molar-refractivity contribution in [2.75, 3.05) is 0 Å². The lowest BCUT2D eigenvalue weighted by atomic mass is 9.94. The summed E-state index contributed by atoms with van der Waals surface area (Å²) in [6.45, 7) is 0. The van der Waals surface area contributed by atoms with Crippen LogP contribution in [-0.4, -0.2) is 9.55 Å². The molecule has 0 aliphatic heterocycles. The smallest absolute Gasteiger partial charge is 0.0547 e. The average molecular weight is 509 g/mol. The highest BCUT2D eigenvalue weighted by Crippen LogP contribution is 2.40. The summed E-state index contributed by atoms with van der Waals surface area (Å²) in [4.78, 5) is 3.69. The minimum Gasteiger partial charge on any atom is -0.354 e. The molecule has 2 nitrogen and oxygen atoms in total. The molecule has 0 atom stereocenters. The Balaban J connectivity index is 1.37. The molecule has 2 heteroatoms. The fourth-order valence-corrected chi connectivity index (χ4v) is 6.65. The molecule has 0 fully saturated rings. The summed E-state index contributed by atoms with van der Waals surface area (Å²) in [6.07, 6.45) is 0. The molecule has 0 unspecified atom stereocenters. The Morgan fingerprint density at radius 2 is 1.12 bits per heavy atom. The first-order valence-electron chi connectivity index (χ1n) is 13.8. The molecule has 0 bridgehead atoms. The van der Waals surface area contributed by atoms with Crippen LogP contribution in [0.2, 0.25) is 0 Å². The van der Waals surface area contributed by atoms with E-state index < -0.39 is 0 Å². The number of aromatic amines is 1. The lowest BCUT2D eigenvalue weighted by Gasteiger charge is -2.12. The van der Waals surface area contributed by atoms with Gasteiger partial charge >= 0.3 is 0 Å². The number of para-hydroxylation sites is 2. The van der Waals surface area contributed by atoms with E-state index in [4.69, 9.17) is 0 Å². The van der Waals surface area contributed by atoms with Crippen LogP contribution in [0.3, 0.4) is 0 Å². The maximum absolute atomic E-state index is 3.69. The van der Waals surface area contributed by atoms with Crippen LogP contribution in [0, 0.1) is 0 Å². The van der Waals surface area contributed by atoms with Crippen molar-refractivity contribution in [2.45, 2.75) is 0 Å². The summed E-state index contributed by atoms with van der Waals surface area (Å²) in [5.41, 5.74) is 8.47. The maximum Gasteiger partial charge on any atom is 0.0547 e. The molecule has 0 radical (unpaired) electrons. The monoisotopic (exact) mass is 508 g/mol. The third kappa shape index (κ3) is 2.99. The van der Waals surface area contributed by atoms with Gasteiger partial charge < -0.3 is 9.55 Å². The molecule has 0 aliphatic rings. The van der Waals surface area contributed by atoms with E-state index in [1.807, 2.05) is 0 Å². The molecule has 0 saturated heterocycles. The lowest BCUT2D eigenvalue weighted by molar-refractivity contribution is 1.19. The molecule has 7 aromatic carbocycles. The first-order chi connectivity index (χ1) is 19.8. The predicted molar refractivity (Wildman–Crippen MR) is 171 cm³/mol. The molecule has 1 N–H and O–H groups in total. The quantitative estimate of drug-likeness (QED) is 0.240. The molecule has 40 heavy (non-hydrogen) atoms. The number of aromatic nitrogens is 2. The van der Waals surface area contributed by atoms with E-state index in [9.17, 15) is 0 Å². The lowest BCUT2D eigenvalue weighted by Crippen LogP contribution is -1.94. The number of hydrogen-bond acceptors (Lipinski definition) is 0. The highest BCUT2D eigenvalue weighted by molar-refractivity contribution is 6.21. The Hall–Kier alpha value is -5.34. The van der Waals surface area contributed by atoms with Crippen LogP contribution >= 0.6 is 0 Å². The summed E-state index contributed by atoms with van der Waals surface area (Å²) < 4.78 is 2.42. The first kappa shape index (κ1) is 21.6. The SMILES string of the molecule is c1ccc2cc(-n3c4ccccc4c4ccc(-c5cc6c7ccccc7[nH]c6c6ccccc56)cc43)ccc2c1. The van der Waals surface area contributed by atoms with E-state index in [1.54, 1.807) is 0 Å². The van der Waals surface area contributed by atoms with Crippen molar-refractivity contribution in [2.24, 2.45) is 0 Å². The molecular formula is C38H24N2. The largest absolute Gasteiger partial charge is 0.354 e. The second kappa shape index (κ2) is 8.08. The number of H-pyrrole nitrogens is 1. The van der Waals surface area contributed by atoms with Crippen LogP contribution in [0.4, 0.5) is 0 Å². The summed E-state index contributed by atoms with van der Waals surface area (Å²) in [7, 11) is 0. The van der Waals surface area contributed by atoms with Crippen LogP contribution in [0.1, 0.15) is 0 Å². The van der Waals surface area contributed by atoms with Gasteiger partial charge in [0.1, 0.15) is 0 Å². The topological polar surface area (TPSA) is 20.7 Å². The zero-order chi connectivity index (χ0) is 26.2. The molecule has 9 rings (SSSR count). The average Bonchev–Trinajstić information content (AvgIpc) is 3.56. The zero-order valence-electron chi connectivity index (χ0n) is 21.7. The first-order valence-corrected chi connectivity index (χ1v) is 13.8. The zero-order valence-corrected chi connectivity index (χ0v) is 21.7. The predicted octanol–water partition coefficient (Wildman–Crippen LogP) is 10.4. The van der Waals surface area contributed by atoms with E-state index in [-0.39, 0.29) is 0 Å². The van der Waals surface area contributed by atoms with Crippen molar-refractivity contribution >= 4 is 65.2 Å². The standard InChI is InChI=1S/C38H24N2/c1-2-10-25-21-27(19-17-24(25)9-1)40-36-16-8-6-13-30(36)31-20-18-26(22-37(31)40)33-23-34-29-12-5-7-15-35(29)39-38(34)32-14-4-3-11-28(32)33/h1-23,39H. The molecule has 0 saturated carbocycles. The van der Waals surface area contributed by atoms with Crippen molar-refractivity contribution in [3.63, 3.8) is 0 Å². The Kier molecular flexibility index (Phi) is 4.36. The minimum atomic E-state index is 1.17. The van der Waals surface area contributed by atoms with Crippen LogP contribution in [-0.2, 0) is 0 Å². The van der Waals surface area contributed by atoms with Gasteiger partial charge in [0.05, 0.1) is 16.6 Å². The van der Waals surface area contributed by atoms with E-state index in [0.29, 0.717) is 0 Å². The van der Waals surface area contributed by atoms with Crippen molar-refractivity contribution in [3.05, 3.63) is 140 Å². The third-order valence-electron chi connectivity index (χ3n) is 8.50. The van der Waals surface area contributed by atoms with E-state index in [0.717, 1.165) is 0 Å². The molecule has 0 spiro atoms. The molecule has 0 amide bonds. The molecule has 9 aromatic rings. The van der Waals surface area contributed by atoms with Gasteiger partial charge in [-0.1, -0.05) is 103 Å². The molecule has 186 valence electrons. The third-order valence-corrected chi connectivity index (χ3v) is 8.50. The Labute approximate surface area is 230 Å². The van der Waals surface area contributed by atoms with Gasteiger partial charge in [-0.05, 0) is 63.7 Å². The van der Waals surface area contributed by atoms with Gasteiger partial charge in [0.2, 0.25) is 0 Å². The highest BCUT2D eigenvalue weighted by atomic mass is 15.0. The summed E-state index contributed by atoms with van der Waals surface area (Å²) in [5.74, 6) is 0. The van der Waals surface area contributed by atoms with Gasteiger partial charge in [-0.2, -0.15) is 0 Å². The van der Waals surface area contributed by atoms with Crippen molar-refractivity contribution in [3.8, 4) is 16.8 Å². The fourth-order valence-electron chi connectivity index (χ4n) is 6.65. The van der Waals surface area contributed by atoms with Crippen molar-refractivity contribution in [1.82, 2.24) is 9.55 Å². The summed E-state index contributed by atoms with van der Waals surface area (Å²) in [5, 5.41) is 10.1. The molecule has 2 heterocycles. The van der Waals surface area contributed by atoms with Gasteiger partial charge in [0.25, 0.3) is 0 Å². The van der Waals surface area contributed by atoms with Gasteiger partial charge in [0.15, 0.2) is 0 Å². The van der Waals surface area contributed by atoms with E-state index >= 15 is 0 Å². The van der Waals surface area contributed by atoms with Crippen LogP contribution in [0.5, 0.6) is 0 Å². The number of nitrogens with zero attached hydrogens (tertiary/aromatic N) is 1. The van der Waals surface area contributed by atoms with Gasteiger partial charge in [-0.3, -0.25) is 0 Å². The molecular weight excluding hydrogens is 484 g/mol. The van der Waals surface area contributed by atoms with Crippen LogP contribution in [0.25, 0.3) is 82.0 Å². The fraction of sp³-hybridized carbons (Fsp3) is 0. The van der Waals surface area contributed by atoms with Crippen molar-refractivity contribution in [1.29, 1.82) is 0 Å². The Morgan fingerprint density at radius 3 is 2.02 bits per heavy atom. The minimum absolute atomic E-state index is 1.17. The number of fused-ring (bicyclic) bond motifs is 9. The number of rotatable bonds is 2. The second-order valence-corrected chi connectivity index (χ2v) is 10.7. The second-order valence-electron chi connectivity index (χ2n) is 10.7. The van der Waals surface area contributed by atoms with Crippen LogP contribution in [0.15, 0.2) is 140 Å². The Bertz CT molecular complexity index is 2440. The normalized spacial score (nSPS) is 12.0. The number of nitrogens with one attached hydrogen (secondary N) is 1. The number of hydrogen-bond donors (Lipinski definition) is 1. The van der Waals surface area contributed by atoms with Gasteiger partial charge in [-0.15, -0.1) is 0 Å². The summed E-state index contributed by atoms with van der Waals surface area (Å²) >= 11 is 0. The molecule has 2 aromatic heterocycles. The Morgan fingerprint density at radius 1 is 0.425 bits per heavy atom. The van der Waals surface area contributed by atoms with Crippen molar-refractivity contribution < 1.29 is 0 Å².